The van der Waals surface area contributed by atoms with E-state index in [0.717, 1.165) is 12.7 Å². The molecule has 1 aliphatic rings. The fourth-order valence-electron chi connectivity index (χ4n) is 1.19. The molecular formula is C8H8OS. The maximum absolute atomic E-state index is 10.3. The van der Waals surface area contributed by atoms with Gasteiger partial charge in [0.05, 0.1) is 0 Å². The Hall–Kier alpha value is -0.630. The van der Waals surface area contributed by atoms with Gasteiger partial charge in [0.15, 0.2) is 0 Å². The van der Waals surface area contributed by atoms with E-state index in [9.17, 15) is 4.79 Å². The maximum atomic E-state index is 10.3. The fraction of sp³-hybridized carbons (Fsp3) is 0.375. The summed E-state index contributed by atoms with van der Waals surface area (Å²) in [4.78, 5) is 11.6. The Balaban J connectivity index is 2.11. The van der Waals surface area contributed by atoms with Gasteiger partial charge >= 0.3 is 0 Å². The van der Waals surface area contributed by atoms with Crippen molar-refractivity contribution in [2.45, 2.75) is 12.3 Å². The molecule has 0 unspecified atom stereocenters. The lowest BCUT2D eigenvalue weighted by Crippen LogP contribution is -1.78. The first kappa shape index (κ1) is 6.10. The van der Waals surface area contributed by atoms with Gasteiger partial charge in [-0.05, 0) is 17.9 Å². The monoisotopic (exact) mass is 152 g/mol. The molecule has 1 nitrogen and oxygen atoms in total. The van der Waals surface area contributed by atoms with Crippen molar-refractivity contribution in [3.8, 4) is 0 Å². The van der Waals surface area contributed by atoms with Crippen LogP contribution >= 0.6 is 11.3 Å². The largest absolute Gasteiger partial charge is 0.303 e. The third-order valence-corrected chi connectivity index (χ3v) is 2.93. The van der Waals surface area contributed by atoms with Crippen LogP contribution in [0.5, 0.6) is 0 Å². The van der Waals surface area contributed by atoms with E-state index in [1.807, 2.05) is 6.07 Å². The lowest BCUT2D eigenvalue weighted by atomic mass is 10.3. The van der Waals surface area contributed by atoms with E-state index in [2.05, 4.69) is 11.4 Å². The van der Waals surface area contributed by atoms with Gasteiger partial charge in [-0.15, -0.1) is 11.3 Å². The number of carbonyl (C=O) groups excluding carboxylic acids is 1. The highest BCUT2D eigenvalue weighted by Crippen LogP contribution is 2.47. The SMILES string of the molecule is O=C[C@H]1C[C@@H]1c1cccs1. The third-order valence-electron chi connectivity index (χ3n) is 1.92. The minimum absolute atomic E-state index is 0.332. The topological polar surface area (TPSA) is 17.1 Å². The molecule has 2 heteroatoms. The average Bonchev–Trinajstić information content (AvgIpc) is 2.56. The molecule has 0 radical (unpaired) electrons. The van der Waals surface area contributed by atoms with Crippen molar-refractivity contribution in [1.82, 2.24) is 0 Å². The van der Waals surface area contributed by atoms with E-state index in [4.69, 9.17) is 0 Å². The Morgan fingerprint density at radius 3 is 3.10 bits per heavy atom. The van der Waals surface area contributed by atoms with Gasteiger partial charge in [-0.2, -0.15) is 0 Å². The number of carbonyl (C=O) groups is 1. The predicted octanol–water partition coefficient (Wildman–Crippen LogP) is 2.05. The minimum Gasteiger partial charge on any atom is -0.303 e. The normalized spacial score (nSPS) is 30.0. The molecule has 1 aliphatic carbocycles. The van der Waals surface area contributed by atoms with Crippen molar-refractivity contribution in [3.05, 3.63) is 22.4 Å². The van der Waals surface area contributed by atoms with Gasteiger partial charge in [-0.3, -0.25) is 0 Å². The van der Waals surface area contributed by atoms with Crippen LogP contribution in [-0.2, 0) is 4.79 Å². The van der Waals surface area contributed by atoms with Crippen LogP contribution in [0, 0.1) is 5.92 Å². The second-order valence-corrected chi connectivity index (χ2v) is 3.64. The second-order valence-electron chi connectivity index (χ2n) is 2.66. The zero-order valence-electron chi connectivity index (χ0n) is 5.49. The molecule has 2 rings (SSSR count). The first-order chi connectivity index (χ1) is 4.92. The summed E-state index contributed by atoms with van der Waals surface area (Å²) in [7, 11) is 0. The van der Waals surface area contributed by atoms with Gasteiger partial charge < -0.3 is 4.79 Å². The Bertz CT molecular complexity index is 227. The van der Waals surface area contributed by atoms with Gasteiger partial charge in [0, 0.05) is 16.7 Å². The molecule has 52 valence electrons. The highest BCUT2D eigenvalue weighted by molar-refractivity contribution is 7.10. The van der Waals surface area contributed by atoms with E-state index < -0.39 is 0 Å². The van der Waals surface area contributed by atoms with Crippen LogP contribution < -0.4 is 0 Å². The summed E-state index contributed by atoms with van der Waals surface area (Å²) in [5, 5.41) is 2.06. The van der Waals surface area contributed by atoms with Gasteiger partial charge in [-0.25, -0.2) is 0 Å². The molecule has 0 aromatic carbocycles. The Morgan fingerprint density at radius 2 is 2.60 bits per heavy atom. The van der Waals surface area contributed by atoms with E-state index in [1.165, 1.54) is 4.88 Å². The zero-order chi connectivity index (χ0) is 6.97. The summed E-state index contributed by atoms with van der Waals surface area (Å²) < 4.78 is 0. The first-order valence-electron chi connectivity index (χ1n) is 3.40. The number of rotatable bonds is 2. The van der Waals surface area contributed by atoms with E-state index in [-0.39, 0.29) is 0 Å². The molecule has 0 amide bonds. The van der Waals surface area contributed by atoms with Crippen LogP contribution in [0.1, 0.15) is 17.2 Å². The van der Waals surface area contributed by atoms with Crippen molar-refractivity contribution >= 4 is 17.6 Å². The number of thiophene rings is 1. The number of hydrogen-bond donors (Lipinski definition) is 0. The van der Waals surface area contributed by atoms with Crippen LogP contribution in [0.4, 0.5) is 0 Å². The molecule has 1 heterocycles. The molecule has 10 heavy (non-hydrogen) atoms. The molecule has 0 aliphatic heterocycles. The highest BCUT2D eigenvalue weighted by atomic mass is 32.1. The maximum Gasteiger partial charge on any atom is 0.123 e. The average molecular weight is 152 g/mol. The van der Waals surface area contributed by atoms with Crippen LogP contribution in [-0.4, -0.2) is 6.29 Å². The lowest BCUT2D eigenvalue weighted by molar-refractivity contribution is -0.108. The van der Waals surface area contributed by atoms with Crippen LogP contribution in [0.25, 0.3) is 0 Å². The summed E-state index contributed by atoms with van der Waals surface area (Å²) in [6.45, 7) is 0. The van der Waals surface area contributed by atoms with Gasteiger partial charge in [0.2, 0.25) is 0 Å². The lowest BCUT2D eigenvalue weighted by Gasteiger charge is -1.85. The Kier molecular flexibility index (Phi) is 1.34. The smallest absolute Gasteiger partial charge is 0.123 e. The van der Waals surface area contributed by atoms with Crippen molar-refractivity contribution in [3.63, 3.8) is 0 Å². The molecule has 0 saturated heterocycles. The van der Waals surface area contributed by atoms with E-state index >= 15 is 0 Å². The Morgan fingerprint density at radius 1 is 1.70 bits per heavy atom. The van der Waals surface area contributed by atoms with Crippen LogP contribution in [0.3, 0.4) is 0 Å². The highest BCUT2D eigenvalue weighted by Gasteiger charge is 2.38. The first-order valence-corrected chi connectivity index (χ1v) is 4.28. The molecule has 1 fully saturated rings. The number of aldehydes is 1. The standard InChI is InChI=1S/C8H8OS/c9-5-6-4-7(6)8-2-1-3-10-8/h1-3,5-7H,4H2/t6-,7+/m1/s1. The molecule has 0 spiro atoms. The van der Waals surface area contributed by atoms with E-state index in [0.29, 0.717) is 11.8 Å². The molecule has 0 N–H and O–H groups in total. The van der Waals surface area contributed by atoms with Gasteiger partial charge in [0.1, 0.15) is 6.29 Å². The van der Waals surface area contributed by atoms with E-state index in [1.54, 1.807) is 11.3 Å². The molecule has 1 aromatic heterocycles. The zero-order valence-corrected chi connectivity index (χ0v) is 6.30. The summed E-state index contributed by atoms with van der Waals surface area (Å²) in [5.74, 6) is 0.899. The summed E-state index contributed by atoms with van der Waals surface area (Å²) in [6.07, 6.45) is 2.15. The van der Waals surface area contributed by atoms with Crippen molar-refractivity contribution in [2.24, 2.45) is 5.92 Å². The van der Waals surface area contributed by atoms with Crippen LogP contribution in [0.2, 0.25) is 0 Å². The second kappa shape index (κ2) is 2.20. The quantitative estimate of drug-likeness (QED) is 0.593. The molecular weight excluding hydrogens is 144 g/mol. The molecule has 2 atom stereocenters. The summed E-state index contributed by atoms with van der Waals surface area (Å²) in [5.41, 5.74) is 0. The summed E-state index contributed by atoms with van der Waals surface area (Å²) >= 11 is 1.75. The minimum atomic E-state index is 0.332. The molecule has 1 aromatic rings. The van der Waals surface area contributed by atoms with Crippen LogP contribution in [0.15, 0.2) is 17.5 Å². The fourth-order valence-corrected chi connectivity index (χ4v) is 2.11. The predicted molar refractivity (Wildman–Crippen MR) is 41.2 cm³/mol. The van der Waals surface area contributed by atoms with Crippen molar-refractivity contribution in [1.29, 1.82) is 0 Å². The number of hydrogen-bond acceptors (Lipinski definition) is 2. The molecule has 0 bridgehead atoms. The van der Waals surface area contributed by atoms with Gasteiger partial charge in [0.25, 0.3) is 0 Å². The summed E-state index contributed by atoms with van der Waals surface area (Å²) in [6, 6.07) is 4.15. The molecule has 1 saturated carbocycles. The Labute approximate surface area is 63.7 Å². The van der Waals surface area contributed by atoms with Crippen molar-refractivity contribution < 1.29 is 4.79 Å². The van der Waals surface area contributed by atoms with Crippen molar-refractivity contribution in [2.75, 3.05) is 0 Å². The third kappa shape index (κ3) is 0.886. The van der Waals surface area contributed by atoms with Gasteiger partial charge in [-0.1, -0.05) is 6.07 Å².